The molecule has 0 aliphatic heterocycles. The molecule has 0 aromatic heterocycles. The average Bonchev–Trinajstić information content (AvgIpc) is 2.54. The molecule has 3 nitrogen and oxygen atoms in total. The lowest BCUT2D eigenvalue weighted by Gasteiger charge is -2.18. The van der Waals surface area contributed by atoms with Crippen molar-refractivity contribution in [3.8, 4) is 5.75 Å². The van der Waals surface area contributed by atoms with Gasteiger partial charge in [-0.1, -0.05) is 17.7 Å². The molecule has 122 valence electrons. The van der Waals surface area contributed by atoms with Gasteiger partial charge >= 0.3 is 0 Å². The van der Waals surface area contributed by atoms with Gasteiger partial charge in [-0.2, -0.15) is 0 Å². The van der Waals surface area contributed by atoms with Gasteiger partial charge in [-0.25, -0.2) is 4.39 Å². The largest absolute Gasteiger partial charge is 0.496 e. The van der Waals surface area contributed by atoms with Crippen LogP contribution in [0.15, 0.2) is 47.4 Å². The van der Waals surface area contributed by atoms with Crippen LogP contribution in [0, 0.1) is 12.7 Å². The summed E-state index contributed by atoms with van der Waals surface area (Å²) in [4.78, 5) is 13.0. The van der Waals surface area contributed by atoms with Crippen molar-refractivity contribution in [3.63, 3.8) is 0 Å². The Morgan fingerprint density at radius 2 is 1.96 bits per heavy atom. The minimum absolute atomic E-state index is 0.0737. The van der Waals surface area contributed by atoms with E-state index in [0.29, 0.717) is 0 Å². The third kappa shape index (κ3) is 4.99. The number of benzene rings is 2. The molecule has 0 radical (unpaired) electrons. The smallest absolute Gasteiger partial charge is 0.230 e. The van der Waals surface area contributed by atoms with Gasteiger partial charge in [0.1, 0.15) is 11.6 Å². The summed E-state index contributed by atoms with van der Waals surface area (Å²) in [5.74, 6) is 0.688. The Labute approximate surface area is 140 Å². The molecule has 1 amide bonds. The van der Waals surface area contributed by atoms with Crippen LogP contribution in [0.5, 0.6) is 5.75 Å². The molecule has 23 heavy (non-hydrogen) atoms. The van der Waals surface area contributed by atoms with Crippen LogP contribution in [0.4, 0.5) is 4.39 Å². The van der Waals surface area contributed by atoms with Gasteiger partial charge < -0.3 is 10.1 Å². The first-order chi connectivity index (χ1) is 11.0. The second-order valence-electron chi connectivity index (χ2n) is 5.28. The molecule has 2 aromatic rings. The molecule has 0 aliphatic carbocycles. The standard InChI is InChI=1S/C18H20FNO2S/c1-12-4-9-17(22-3)16(10-12)13(2)20-18(21)11-23-15-7-5-14(19)6-8-15/h4-10,13H,11H2,1-3H3,(H,20,21)/t13-/m1/s1. The normalized spacial score (nSPS) is 11.8. The SMILES string of the molecule is COc1ccc(C)cc1[C@@H](C)NC(=O)CSc1ccc(F)cc1. The van der Waals surface area contributed by atoms with Crippen LogP contribution in [-0.4, -0.2) is 18.8 Å². The summed E-state index contributed by atoms with van der Waals surface area (Å²) >= 11 is 1.38. The number of amides is 1. The van der Waals surface area contributed by atoms with Crippen LogP contribution >= 0.6 is 11.8 Å². The molecule has 0 saturated carbocycles. The second kappa shape index (κ2) is 8.02. The van der Waals surface area contributed by atoms with E-state index in [-0.39, 0.29) is 23.5 Å². The van der Waals surface area contributed by atoms with Gasteiger partial charge in [0.05, 0.1) is 18.9 Å². The molecule has 0 aliphatic rings. The lowest BCUT2D eigenvalue weighted by atomic mass is 10.0. The number of aryl methyl sites for hydroxylation is 1. The summed E-state index contributed by atoms with van der Waals surface area (Å²) in [6.07, 6.45) is 0. The number of methoxy groups -OCH3 is 1. The number of hydrogen-bond acceptors (Lipinski definition) is 3. The summed E-state index contributed by atoms with van der Waals surface area (Å²) in [5.41, 5.74) is 2.07. The van der Waals surface area contributed by atoms with Gasteiger partial charge in [-0.15, -0.1) is 11.8 Å². The van der Waals surface area contributed by atoms with Crippen LogP contribution in [0.25, 0.3) is 0 Å². The quantitative estimate of drug-likeness (QED) is 0.809. The lowest BCUT2D eigenvalue weighted by molar-refractivity contribution is -0.119. The van der Waals surface area contributed by atoms with Crippen LogP contribution in [0.1, 0.15) is 24.1 Å². The fourth-order valence-electron chi connectivity index (χ4n) is 2.23. The maximum Gasteiger partial charge on any atom is 0.230 e. The van der Waals surface area contributed by atoms with Gasteiger partial charge in [0.15, 0.2) is 0 Å². The monoisotopic (exact) mass is 333 g/mol. The van der Waals surface area contributed by atoms with Crippen molar-refractivity contribution >= 4 is 17.7 Å². The van der Waals surface area contributed by atoms with Crippen LogP contribution in [0.2, 0.25) is 0 Å². The third-order valence-electron chi connectivity index (χ3n) is 3.41. The highest BCUT2D eigenvalue weighted by atomic mass is 32.2. The molecule has 0 bridgehead atoms. The second-order valence-corrected chi connectivity index (χ2v) is 6.33. The molecular formula is C18H20FNO2S. The molecule has 5 heteroatoms. The zero-order valence-electron chi connectivity index (χ0n) is 13.4. The van der Waals surface area contributed by atoms with Gasteiger partial charge in [0.2, 0.25) is 5.91 Å². The number of hydrogen-bond donors (Lipinski definition) is 1. The van der Waals surface area contributed by atoms with E-state index < -0.39 is 0 Å². The molecule has 1 atom stereocenters. The van der Waals surface area contributed by atoms with Crippen LogP contribution in [-0.2, 0) is 4.79 Å². The Kier molecular flexibility index (Phi) is 6.04. The Hall–Kier alpha value is -2.01. The molecule has 0 fully saturated rings. The van der Waals surface area contributed by atoms with Crippen molar-refractivity contribution in [3.05, 3.63) is 59.4 Å². The Balaban J connectivity index is 1.94. The fraction of sp³-hybridized carbons (Fsp3) is 0.278. The van der Waals surface area contributed by atoms with E-state index in [1.807, 2.05) is 32.0 Å². The van der Waals surface area contributed by atoms with Crippen LogP contribution < -0.4 is 10.1 Å². The summed E-state index contributed by atoms with van der Waals surface area (Å²) in [5, 5.41) is 2.97. The summed E-state index contributed by atoms with van der Waals surface area (Å²) in [7, 11) is 1.62. The van der Waals surface area contributed by atoms with E-state index >= 15 is 0 Å². The summed E-state index contributed by atoms with van der Waals surface area (Å²) in [6, 6.07) is 11.9. The summed E-state index contributed by atoms with van der Waals surface area (Å²) < 4.78 is 18.2. The molecule has 0 heterocycles. The lowest BCUT2D eigenvalue weighted by Crippen LogP contribution is -2.28. The number of thioether (sulfide) groups is 1. The van der Waals surface area contributed by atoms with Gasteiger partial charge in [0, 0.05) is 10.5 Å². The van der Waals surface area contributed by atoms with Gasteiger partial charge in [-0.05, 0) is 44.2 Å². The van der Waals surface area contributed by atoms with Crippen molar-refractivity contribution < 1.29 is 13.9 Å². The van der Waals surface area contributed by atoms with E-state index in [0.717, 1.165) is 21.8 Å². The molecule has 2 rings (SSSR count). The first kappa shape index (κ1) is 17.3. The highest BCUT2D eigenvalue weighted by Crippen LogP contribution is 2.26. The zero-order valence-corrected chi connectivity index (χ0v) is 14.2. The van der Waals surface area contributed by atoms with E-state index in [1.165, 1.54) is 23.9 Å². The van der Waals surface area contributed by atoms with Crippen molar-refractivity contribution in [2.24, 2.45) is 0 Å². The minimum Gasteiger partial charge on any atom is -0.496 e. The molecule has 0 spiro atoms. The van der Waals surface area contributed by atoms with E-state index in [1.54, 1.807) is 19.2 Å². The molecule has 2 aromatic carbocycles. The van der Waals surface area contributed by atoms with Crippen molar-refractivity contribution in [2.75, 3.05) is 12.9 Å². The highest BCUT2D eigenvalue weighted by Gasteiger charge is 2.14. The molecule has 0 saturated heterocycles. The predicted molar refractivity (Wildman–Crippen MR) is 91.4 cm³/mol. The van der Waals surface area contributed by atoms with Crippen molar-refractivity contribution in [1.82, 2.24) is 5.32 Å². The van der Waals surface area contributed by atoms with Crippen molar-refractivity contribution in [1.29, 1.82) is 0 Å². The first-order valence-corrected chi connectivity index (χ1v) is 8.30. The maximum absolute atomic E-state index is 12.8. The average molecular weight is 333 g/mol. The number of rotatable bonds is 6. The number of halogens is 1. The van der Waals surface area contributed by atoms with Gasteiger partial charge in [0.25, 0.3) is 0 Å². The Morgan fingerprint density at radius 3 is 2.61 bits per heavy atom. The van der Waals surface area contributed by atoms with E-state index in [4.69, 9.17) is 4.74 Å². The topological polar surface area (TPSA) is 38.3 Å². The molecule has 0 unspecified atom stereocenters. The molecular weight excluding hydrogens is 313 g/mol. The first-order valence-electron chi connectivity index (χ1n) is 7.32. The van der Waals surface area contributed by atoms with Crippen LogP contribution in [0.3, 0.4) is 0 Å². The number of carbonyl (C=O) groups excluding carboxylic acids is 1. The summed E-state index contributed by atoms with van der Waals surface area (Å²) in [6.45, 7) is 3.93. The molecule has 1 N–H and O–H groups in total. The number of carbonyl (C=O) groups is 1. The number of ether oxygens (including phenoxy) is 1. The maximum atomic E-state index is 12.8. The van der Waals surface area contributed by atoms with Gasteiger partial charge in [-0.3, -0.25) is 4.79 Å². The third-order valence-corrected chi connectivity index (χ3v) is 4.42. The minimum atomic E-state index is -0.279. The Bertz CT molecular complexity index is 673. The predicted octanol–water partition coefficient (Wildman–Crippen LogP) is 4.11. The fourth-order valence-corrected chi connectivity index (χ4v) is 2.94. The van der Waals surface area contributed by atoms with E-state index in [9.17, 15) is 9.18 Å². The zero-order chi connectivity index (χ0) is 16.8. The Morgan fingerprint density at radius 1 is 1.26 bits per heavy atom. The van der Waals surface area contributed by atoms with Crippen molar-refractivity contribution in [2.45, 2.75) is 24.8 Å². The number of nitrogens with one attached hydrogen (secondary N) is 1. The highest BCUT2D eigenvalue weighted by molar-refractivity contribution is 8.00. The van der Waals surface area contributed by atoms with E-state index in [2.05, 4.69) is 5.32 Å².